The van der Waals surface area contributed by atoms with Gasteiger partial charge < -0.3 is 4.74 Å². The topological polar surface area (TPSA) is 9.23 Å². The summed E-state index contributed by atoms with van der Waals surface area (Å²) in [6, 6.07) is 6.40. The Balaban J connectivity index is 1.32. The fourth-order valence-electron chi connectivity index (χ4n) is 5.81. The zero-order chi connectivity index (χ0) is 21.4. The molecule has 30 heavy (non-hydrogen) atoms. The predicted molar refractivity (Wildman–Crippen MR) is 116 cm³/mol. The molecule has 2 fully saturated rings. The van der Waals surface area contributed by atoms with Crippen LogP contribution in [0.4, 0.5) is 13.2 Å². The van der Waals surface area contributed by atoms with E-state index in [4.69, 9.17) is 0 Å². The molecule has 170 valence electrons. The fraction of sp³-hybridized carbons (Fsp3) is 0.769. The summed E-state index contributed by atoms with van der Waals surface area (Å²) in [5, 5.41) is 0. The largest absolute Gasteiger partial charge is 0.573 e. The van der Waals surface area contributed by atoms with Gasteiger partial charge >= 0.3 is 6.36 Å². The standard InChI is InChI=1S/C26H39F3O/c1-2-3-4-5-20-8-14-23(15-9-20)24-16-10-21(11-17-24)6-7-22-12-18-25(19-13-22)30-26(27,28)29/h12-13,18-21,23-24H,2-11,14-17H2,1H3/t20-,21?,23-,24?. The van der Waals surface area contributed by atoms with Gasteiger partial charge in [0.1, 0.15) is 5.75 Å². The molecule has 0 atom stereocenters. The van der Waals surface area contributed by atoms with Crippen molar-refractivity contribution >= 4 is 0 Å². The van der Waals surface area contributed by atoms with Gasteiger partial charge in [-0.25, -0.2) is 0 Å². The van der Waals surface area contributed by atoms with Crippen LogP contribution in [-0.4, -0.2) is 6.36 Å². The summed E-state index contributed by atoms with van der Waals surface area (Å²) in [5.41, 5.74) is 1.10. The Hall–Kier alpha value is -1.19. The smallest absolute Gasteiger partial charge is 0.406 e. The van der Waals surface area contributed by atoms with E-state index in [-0.39, 0.29) is 5.75 Å². The average Bonchev–Trinajstić information content (AvgIpc) is 2.73. The van der Waals surface area contributed by atoms with E-state index < -0.39 is 6.36 Å². The first-order chi connectivity index (χ1) is 14.4. The van der Waals surface area contributed by atoms with Crippen molar-refractivity contribution in [3.8, 4) is 5.75 Å². The van der Waals surface area contributed by atoms with E-state index in [1.807, 2.05) is 0 Å². The van der Waals surface area contributed by atoms with Gasteiger partial charge in [0.15, 0.2) is 0 Å². The normalized spacial score (nSPS) is 27.7. The number of hydrogen-bond acceptors (Lipinski definition) is 1. The van der Waals surface area contributed by atoms with E-state index >= 15 is 0 Å². The van der Waals surface area contributed by atoms with Gasteiger partial charge in [0.2, 0.25) is 0 Å². The van der Waals surface area contributed by atoms with Crippen molar-refractivity contribution < 1.29 is 17.9 Å². The van der Waals surface area contributed by atoms with Gasteiger partial charge in [-0.1, -0.05) is 70.4 Å². The number of benzene rings is 1. The van der Waals surface area contributed by atoms with Crippen molar-refractivity contribution in [2.45, 2.75) is 103 Å². The number of unbranched alkanes of at least 4 members (excludes halogenated alkanes) is 2. The molecule has 2 saturated carbocycles. The lowest BCUT2D eigenvalue weighted by Gasteiger charge is -2.38. The average molecular weight is 425 g/mol. The first-order valence-corrected chi connectivity index (χ1v) is 12.3. The molecule has 0 radical (unpaired) electrons. The van der Waals surface area contributed by atoms with Crippen LogP contribution in [0, 0.1) is 23.7 Å². The van der Waals surface area contributed by atoms with E-state index in [1.54, 1.807) is 12.1 Å². The maximum absolute atomic E-state index is 12.3. The van der Waals surface area contributed by atoms with Crippen molar-refractivity contribution in [3.05, 3.63) is 29.8 Å². The molecule has 0 unspecified atom stereocenters. The van der Waals surface area contributed by atoms with E-state index in [0.717, 1.165) is 42.1 Å². The molecule has 0 N–H and O–H groups in total. The SMILES string of the molecule is CCCCC[C@H]1CC[C@H](C2CCC(CCc3ccc(OC(F)(F)F)cc3)CC2)CC1. The molecular weight excluding hydrogens is 385 g/mol. The molecule has 0 bridgehead atoms. The number of halogens is 3. The van der Waals surface area contributed by atoms with Crippen LogP contribution in [0.15, 0.2) is 24.3 Å². The predicted octanol–water partition coefficient (Wildman–Crippen LogP) is 8.71. The zero-order valence-corrected chi connectivity index (χ0v) is 18.6. The van der Waals surface area contributed by atoms with E-state index in [1.165, 1.54) is 89.2 Å². The van der Waals surface area contributed by atoms with Crippen molar-refractivity contribution in [2.75, 3.05) is 0 Å². The Morgan fingerprint density at radius 1 is 0.767 bits per heavy atom. The molecule has 0 heterocycles. The molecule has 3 rings (SSSR count). The third-order valence-electron chi connectivity index (χ3n) is 7.66. The van der Waals surface area contributed by atoms with Crippen molar-refractivity contribution in [3.63, 3.8) is 0 Å². The second-order valence-corrected chi connectivity index (χ2v) is 9.79. The van der Waals surface area contributed by atoms with Crippen LogP contribution in [0.25, 0.3) is 0 Å². The summed E-state index contributed by atoms with van der Waals surface area (Å²) in [6.07, 6.45) is 14.4. The highest BCUT2D eigenvalue weighted by atomic mass is 19.4. The van der Waals surface area contributed by atoms with Crippen molar-refractivity contribution in [1.29, 1.82) is 0 Å². The summed E-state index contributed by atoms with van der Waals surface area (Å²) < 4.78 is 40.7. The minimum absolute atomic E-state index is 0.133. The van der Waals surface area contributed by atoms with Gasteiger partial charge in [-0.05, 0) is 79.9 Å². The van der Waals surface area contributed by atoms with E-state index in [2.05, 4.69) is 11.7 Å². The van der Waals surface area contributed by atoms with Gasteiger partial charge in [0.25, 0.3) is 0 Å². The minimum Gasteiger partial charge on any atom is -0.406 e. The van der Waals surface area contributed by atoms with Crippen LogP contribution in [0.5, 0.6) is 5.75 Å². The molecule has 0 saturated heterocycles. The quantitative estimate of drug-likeness (QED) is 0.360. The summed E-state index contributed by atoms with van der Waals surface area (Å²) >= 11 is 0. The van der Waals surface area contributed by atoms with Crippen LogP contribution in [-0.2, 0) is 6.42 Å². The van der Waals surface area contributed by atoms with Gasteiger partial charge in [-0.15, -0.1) is 13.2 Å². The maximum atomic E-state index is 12.3. The van der Waals surface area contributed by atoms with Crippen LogP contribution >= 0.6 is 0 Å². The van der Waals surface area contributed by atoms with E-state index in [0.29, 0.717) is 0 Å². The van der Waals surface area contributed by atoms with Gasteiger partial charge in [0, 0.05) is 0 Å². The number of ether oxygens (including phenoxy) is 1. The first kappa shape index (κ1) is 23.5. The summed E-state index contributed by atoms with van der Waals surface area (Å²) in [4.78, 5) is 0. The van der Waals surface area contributed by atoms with Crippen LogP contribution in [0.2, 0.25) is 0 Å². The summed E-state index contributed by atoms with van der Waals surface area (Å²) in [7, 11) is 0. The molecule has 1 aromatic rings. The number of rotatable bonds is 9. The monoisotopic (exact) mass is 424 g/mol. The maximum Gasteiger partial charge on any atom is 0.573 e. The van der Waals surface area contributed by atoms with Crippen molar-refractivity contribution in [2.24, 2.45) is 23.7 Å². The van der Waals surface area contributed by atoms with Gasteiger partial charge in [-0.2, -0.15) is 0 Å². The molecule has 0 aliphatic heterocycles. The molecule has 0 aromatic heterocycles. The van der Waals surface area contributed by atoms with Gasteiger partial charge in [-0.3, -0.25) is 0 Å². The Morgan fingerprint density at radius 3 is 1.80 bits per heavy atom. The zero-order valence-electron chi connectivity index (χ0n) is 18.6. The van der Waals surface area contributed by atoms with Crippen LogP contribution in [0.3, 0.4) is 0 Å². The van der Waals surface area contributed by atoms with Crippen LogP contribution < -0.4 is 4.74 Å². The van der Waals surface area contributed by atoms with Gasteiger partial charge in [0.05, 0.1) is 0 Å². The third-order valence-corrected chi connectivity index (χ3v) is 7.66. The molecular formula is C26H39F3O. The molecule has 1 nitrogen and oxygen atoms in total. The lowest BCUT2D eigenvalue weighted by Crippen LogP contribution is -2.26. The lowest BCUT2D eigenvalue weighted by molar-refractivity contribution is -0.274. The molecule has 2 aliphatic carbocycles. The molecule has 4 heteroatoms. The summed E-state index contributed by atoms with van der Waals surface area (Å²) in [5.74, 6) is 3.55. The number of hydrogen-bond donors (Lipinski definition) is 0. The Kier molecular flexibility index (Phi) is 8.95. The second-order valence-electron chi connectivity index (χ2n) is 9.79. The fourth-order valence-corrected chi connectivity index (χ4v) is 5.81. The highest BCUT2D eigenvalue weighted by molar-refractivity contribution is 5.27. The number of alkyl halides is 3. The molecule has 0 amide bonds. The third kappa shape index (κ3) is 7.81. The first-order valence-electron chi connectivity index (χ1n) is 12.3. The molecule has 0 spiro atoms. The highest BCUT2D eigenvalue weighted by Gasteiger charge is 2.31. The highest BCUT2D eigenvalue weighted by Crippen LogP contribution is 2.43. The van der Waals surface area contributed by atoms with E-state index in [9.17, 15) is 13.2 Å². The molecule has 1 aromatic carbocycles. The summed E-state index contributed by atoms with van der Waals surface area (Å²) in [6.45, 7) is 2.29. The molecule has 2 aliphatic rings. The Labute approximate surface area is 180 Å². The Bertz CT molecular complexity index is 594. The second kappa shape index (κ2) is 11.4. The number of aryl methyl sites for hydroxylation is 1. The van der Waals surface area contributed by atoms with Crippen molar-refractivity contribution in [1.82, 2.24) is 0 Å². The van der Waals surface area contributed by atoms with Crippen LogP contribution in [0.1, 0.15) is 96.0 Å². The Morgan fingerprint density at radius 2 is 1.30 bits per heavy atom. The lowest BCUT2D eigenvalue weighted by atomic mass is 9.68. The minimum atomic E-state index is -4.62.